The minimum absolute atomic E-state index is 0. The summed E-state index contributed by atoms with van der Waals surface area (Å²) in [5.74, 6) is -4.37. The van der Waals surface area contributed by atoms with Gasteiger partial charge in [0, 0.05) is 18.9 Å². The molecule has 0 atom stereocenters. The van der Waals surface area contributed by atoms with E-state index in [1.54, 1.807) is 0 Å². The van der Waals surface area contributed by atoms with Gasteiger partial charge in [-0.05, 0) is 13.8 Å². The molecule has 0 amide bonds. The molecule has 0 radical (unpaired) electrons. The van der Waals surface area contributed by atoms with Crippen LogP contribution in [0.15, 0.2) is 0 Å². The third-order valence-electron chi connectivity index (χ3n) is 4.51. The van der Waals surface area contributed by atoms with E-state index in [1.807, 2.05) is 0 Å². The van der Waals surface area contributed by atoms with Gasteiger partial charge >= 0.3 is 43.7 Å². The molecule has 0 saturated heterocycles. The van der Waals surface area contributed by atoms with E-state index in [1.165, 1.54) is 109 Å². The molecule has 0 aromatic heterocycles. The molecule has 0 saturated carbocycles. The van der Waals surface area contributed by atoms with Crippen LogP contribution >= 0.6 is 0 Å². The largest absolute Gasteiger partial charge is 2.00 e. The molecule has 0 heterocycles. The van der Waals surface area contributed by atoms with Crippen LogP contribution in [-0.2, 0) is 19.2 Å². The SMILES string of the molecule is CC(=O)C(=O)O.CC(=O)[O-].CC(=O)[O-].CCCCCCCCCCCCCCCCCCC.[Ca+2]. The molecule has 7 nitrogen and oxygen atoms in total. The van der Waals surface area contributed by atoms with Crippen LogP contribution in [0.4, 0.5) is 0 Å². The second-order valence-corrected chi connectivity index (χ2v) is 8.15. The molecule has 0 aromatic carbocycles. The Kier molecular flexibility index (Phi) is 50.5. The predicted octanol–water partition coefficient (Wildman–Crippen LogP) is 4.45. The minimum atomic E-state index is -1.38. The Bertz CT molecular complexity index is 406. The zero-order valence-corrected chi connectivity index (χ0v) is 24.8. The van der Waals surface area contributed by atoms with E-state index in [2.05, 4.69) is 13.8 Å². The first kappa shape index (κ1) is 43.4. The van der Waals surface area contributed by atoms with Crippen LogP contribution in [0, 0.1) is 0 Å². The average Bonchev–Trinajstić information content (AvgIpc) is 2.70. The van der Waals surface area contributed by atoms with Crippen LogP contribution in [0.3, 0.4) is 0 Å². The van der Waals surface area contributed by atoms with Crippen molar-refractivity contribution in [2.45, 2.75) is 144 Å². The third-order valence-corrected chi connectivity index (χ3v) is 4.51. The van der Waals surface area contributed by atoms with Crippen molar-refractivity contribution >= 4 is 61.4 Å². The van der Waals surface area contributed by atoms with Gasteiger partial charge in [0.05, 0.1) is 0 Å². The van der Waals surface area contributed by atoms with Crippen LogP contribution in [0.25, 0.3) is 0 Å². The van der Waals surface area contributed by atoms with Crippen molar-refractivity contribution in [3.05, 3.63) is 0 Å². The zero-order valence-electron chi connectivity index (χ0n) is 22.6. The Morgan fingerprint density at radius 1 is 0.500 bits per heavy atom. The van der Waals surface area contributed by atoms with Crippen LogP contribution < -0.4 is 10.2 Å². The van der Waals surface area contributed by atoms with Crippen LogP contribution in [0.2, 0.25) is 0 Å². The topological polar surface area (TPSA) is 135 Å². The fraction of sp³-hybridized carbons (Fsp3) is 0.846. The molecular formula is C26H50CaO7. The Hall–Kier alpha value is -0.660. The van der Waals surface area contributed by atoms with Gasteiger partial charge in [-0.2, -0.15) is 0 Å². The molecule has 0 bridgehead atoms. The number of ketones is 1. The second kappa shape index (κ2) is 39.5. The van der Waals surface area contributed by atoms with Crippen molar-refractivity contribution in [1.82, 2.24) is 0 Å². The molecule has 0 rings (SSSR count). The summed E-state index contributed by atoms with van der Waals surface area (Å²) in [6, 6.07) is 0. The molecule has 0 aromatic rings. The first-order chi connectivity index (χ1) is 15.5. The monoisotopic (exact) mass is 514 g/mol. The predicted molar refractivity (Wildman–Crippen MR) is 135 cm³/mol. The maximum Gasteiger partial charge on any atom is 2.00 e. The van der Waals surface area contributed by atoms with Gasteiger partial charge in [0.1, 0.15) is 0 Å². The molecule has 0 aliphatic heterocycles. The Morgan fingerprint density at radius 3 is 0.706 bits per heavy atom. The molecular weight excluding hydrogens is 464 g/mol. The Labute approximate surface area is 238 Å². The molecule has 198 valence electrons. The number of carboxylic acids is 3. The third kappa shape index (κ3) is 77.1. The van der Waals surface area contributed by atoms with Crippen molar-refractivity contribution in [3.63, 3.8) is 0 Å². The summed E-state index contributed by atoms with van der Waals surface area (Å²) in [4.78, 5) is 36.7. The standard InChI is InChI=1S/C19H40.C3H4O3.2C2H4O2.Ca/c1-3-5-7-9-11-13-15-17-19-18-16-14-12-10-8-6-4-2;1-2(4)3(5)6;2*1-2(3)4;/h3-19H2,1-2H3;1H3,(H,5,6);2*1H3,(H,3,4);/q;;;;+2/p-2. The average molecular weight is 515 g/mol. The van der Waals surface area contributed by atoms with E-state index < -0.39 is 23.7 Å². The van der Waals surface area contributed by atoms with Gasteiger partial charge in [0.2, 0.25) is 5.78 Å². The van der Waals surface area contributed by atoms with Gasteiger partial charge in [-0.15, -0.1) is 0 Å². The van der Waals surface area contributed by atoms with Gasteiger partial charge in [-0.1, -0.05) is 123 Å². The summed E-state index contributed by atoms with van der Waals surface area (Å²) < 4.78 is 0. The fourth-order valence-corrected chi connectivity index (χ4v) is 2.80. The van der Waals surface area contributed by atoms with Crippen molar-refractivity contribution in [3.8, 4) is 0 Å². The number of aliphatic carboxylic acids is 3. The second-order valence-electron chi connectivity index (χ2n) is 8.15. The van der Waals surface area contributed by atoms with E-state index in [0.29, 0.717) is 0 Å². The Morgan fingerprint density at radius 2 is 0.618 bits per heavy atom. The van der Waals surface area contributed by atoms with Crippen LogP contribution in [0.5, 0.6) is 0 Å². The molecule has 0 aliphatic rings. The molecule has 0 aliphatic carbocycles. The van der Waals surface area contributed by atoms with Gasteiger partial charge in [0.25, 0.3) is 0 Å². The first-order valence-electron chi connectivity index (χ1n) is 12.6. The number of rotatable bonds is 17. The van der Waals surface area contributed by atoms with E-state index in [0.717, 1.165) is 20.8 Å². The van der Waals surface area contributed by atoms with Crippen molar-refractivity contribution in [1.29, 1.82) is 0 Å². The summed E-state index contributed by atoms with van der Waals surface area (Å²) in [6.07, 6.45) is 24.9. The van der Waals surface area contributed by atoms with E-state index >= 15 is 0 Å². The summed E-state index contributed by atoms with van der Waals surface area (Å²) >= 11 is 0. The van der Waals surface area contributed by atoms with Crippen molar-refractivity contribution < 1.29 is 34.5 Å². The molecule has 8 heteroatoms. The smallest absolute Gasteiger partial charge is 0.550 e. The van der Waals surface area contributed by atoms with Gasteiger partial charge in [0.15, 0.2) is 0 Å². The number of carbonyl (C=O) groups is 4. The summed E-state index contributed by atoms with van der Waals surface area (Å²) in [5.41, 5.74) is 0. The van der Waals surface area contributed by atoms with Gasteiger partial charge in [-0.25, -0.2) is 4.79 Å². The molecule has 0 unspecified atom stereocenters. The maximum atomic E-state index is 9.54. The van der Waals surface area contributed by atoms with Gasteiger partial charge < -0.3 is 24.9 Å². The van der Waals surface area contributed by atoms with E-state index in [-0.39, 0.29) is 37.7 Å². The first-order valence-corrected chi connectivity index (χ1v) is 12.6. The van der Waals surface area contributed by atoms with Crippen LogP contribution in [0.1, 0.15) is 144 Å². The summed E-state index contributed by atoms with van der Waals surface area (Å²) in [6.45, 7) is 7.54. The summed E-state index contributed by atoms with van der Waals surface area (Å²) in [5, 5.41) is 25.4. The maximum absolute atomic E-state index is 9.54. The van der Waals surface area contributed by atoms with Crippen molar-refractivity contribution in [2.24, 2.45) is 0 Å². The fourth-order valence-electron chi connectivity index (χ4n) is 2.80. The van der Waals surface area contributed by atoms with Gasteiger partial charge in [-0.3, -0.25) is 4.79 Å². The molecule has 34 heavy (non-hydrogen) atoms. The minimum Gasteiger partial charge on any atom is -0.550 e. The number of hydrogen-bond donors (Lipinski definition) is 1. The zero-order chi connectivity index (χ0) is 26.3. The number of carbonyl (C=O) groups excluding carboxylic acids is 3. The molecule has 0 fully saturated rings. The van der Waals surface area contributed by atoms with E-state index in [4.69, 9.17) is 24.9 Å². The Balaban J connectivity index is -0.000000153. The van der Waals surface area contributed by atoms with Crippen LogP contribution in [-0.4, -0.2) is 66.5 Å². The molecule has 1 N–H and O–H groups in total. The van der Waals surface area contributed by atoms with Crippen molar-refractivity contribution in [2.75, 3.05) is 0 Å². The molecule has 0 spiro atoms. The number of carboxylic acid groups (broad SMARTS) is 3. The quantitative estimate of drug-likeness (QED) is 0.172. The number of hydrogen-bond acceptors (Lipinski definition) is 6. The number of unbranched alkanes of at least 4 members (excludes halogenated alkanes) is 16. The number of Topliss-reactive ketones (excluding diaryl/α,β-unsaturated/α-hetero) is 1. The normalized spacial score (nSPS) is 8.97. The van der Waals surface area contributed by atoms with E-state index in [9.17, 15) is 9.59 Å². The summed E-state index contributed by atoms with van der Waals surface area (Å²) in [7, 11) is 0.